The van der Waals surface area contributed by atoms with Crippen molar-refractivity contribution in [2.24, 2.45) is 0 Å². The maximum Gasteiger partial charge on any atom is 0.176 e. The molecule has 0 unspecified atom stereocenters. The Hall–Kier alpha value is -2.36. The van der Waals surface area contributed by atoms with Gasteiger partial charge in [0.25, 0.3) is 0 Å². The molecule has 0 aliphatic heterocycles. The van der Waals surface area contributed by atoms with Crippen molar-refractivity contribution in [2.75, 3.05) is 13.2 Å². The van der Waals surface area contributed by atoms with Crippen LogP contribution in [0.5, 0.6) is 28.7 Å². The monoisotopic (exact) mass is 1140 g/mol. The fourth-order valence-electron chi connectivity index (χ4n) is 12.5. The standard InChI is InChI=1S/C78H142O4/c1-5-9-12-14-16-18-20-22-24-26-28-30-32-34-36-38-40-42-44-46-48-50-52-54-56-58-60-65-69-74-76(82-72-66-62-61-63-67-72)75(79)73(77(81-71-11-7-3)78(74)80-70-8-4)68-64-59-57-55-53-51-49-47-45-43-41-39-37-35-33-31-29-27-25-23-21-19-17-15-13-10-6-2/h61-63,66-67,79H,5-60,64-65,68-71H2,1-4H3. The number of unbranched alkanes of at least 4 members (excludes halogenated alkanes) is 54. The molecule has 2 aromatic rings. The number of aromatic hydroxyl groups is 1. The maximum atomic E-state index is 12.3. The molecule has 0 aromatic heterocycles. The second-order valence-electron chi connectivity index (χ2n) is 26.0. The zero-order valence-corrected chi connectivity index (χ0v) is 55.9. The minimum absolute atomic E-state index is 0.254. The van der Waals surface area contributed by atoms with E-state index in [9.17, 15) is 5.11 Å². The van der Waals surface area contributed by atoms with Crippen LogP contribution in [0.3, 0.4) is 0 Å². The van der Waals surface area contributed by atoms with Gasteiger partial charge < -0.3 is 19.3 Å². The number of ether oxygens (including phenoxy) is 3. The number of phenols is 1. The first kappa shape index (κ1) is 75.7. The summed E-state index contributed by atoms with van der Waals surface area (Å²) >= 11 is 0. The molecule has 2 rings (SSSR count). The minimum Gasteiger partial charge on any atom is -0.504 e. The van der Waals surface area contributed by atoms with E-state index in [4.69, 9.17) is 14.2 Å². The molecule has 0 spiro atoms. The third-order valence-electron chi connectivity index (χ3n) is 18.0. The van der Waals surface area contributed by atoms with Gasteiger partial charge in [-0.25, -0.2) is 0 Å². The second-order valence-corrected chi connectivity index (χ2v) is 26.0. The molecular weight excluding hydrogens is 1000 g/mol. The van der Waals surface area contributed by atoms with Crippen LogP contribution >= 0.6 is 0 Å². The summed E-state index contributed by atoms with van der Waals surface area (Å²) in [5.41, 5.74) is 1.84. The fourth-order valence-corrected chi connectivity index (χ4v) is 12.5. The average Bonchev–Trinajstić information content (AvgIpc) is 3.55. The lowest BCUT2D eigenvalue weighted by Crippen LogP contribution is -2.09. The van der Waals surface area contributed by atoms with Gasteiger partial charge in [0.05, 0.1) is 13.2 Å². The molecular formula is C78H142O4. The molecule has 82 heavy (non-hydrogen) atoms. The molecule has 0 aliphatic carbocycles. The van der Waals surface area contributed by atoms with E-state index < -0.39 is 0 Å². The highest BCUT2D eigenvalue weighted by molar-refractivity contribution is 5.67. The quantitative estimate of drug-likeness (QED) is 0.0671. The van der Waals surface area contributed by atoms with Crippen LogP contribution in [0.4, 0.5) is 0 Å². The summed E-state index contributed by atoms with van der Waals surface area (Å²) in [6.07, 6.45) is 81.6. The minimum atomic E-state index is 0.254. The molecule has 0 fully saturated rings. The zero-order valence-electron chi connectivity index (χ0n) is 55.9. The van der Waals surface area contributed by atoms with Crippen molar-refractivity contribution in [2.45, 2.75) is 413 Å². The van der Waals surface area contributed by atoms with Gasteiger partial charge in [0, 0.05) is 11.1 Å². The number of hydrogen-bond donors (Lipinski definition) is 1. The third-order valence-corrected chi connectivity index (χ3v) is 18.0. The largest absolute Gasteiger partial charge is 0.504 e. The molecule has 1 N–H and O–H groups in total. The Morgan fingerprint density at radius 2 is 0.488 bits per heavy atom. The van der Waals surface area contributed by atoms with E-state index in [2.05, 4.69) is 27.7 Å². The van der Waals surface area contributed by atoms with Gasteiger partial charge in [-0.05, 0) is 50.7 Å². The van der Waals surface area contributed by atoms with Crippen LogP contribution in [0, 0.1) is 0 Å². The van der Waals surface area contributed by atoms with E-state index in [0.29, 0.717) is 19.0 Å². The maximum absolute atomic E-state index is 12.3. The van der Waals surface area contributed by atoms with Crippen LogP contribution in [-0.4, -0.2) is 18.3 Å². The predicted molar refractivity (Wildman–Crippen MR) is 364 cm³/mol. The van der Waals surface area contributed by atoms with Crippen LogP contribution in [0.2, 0.25) is 0 Å². The van der Waals surface area contributed by atoms with Crippen LogP contribution < -0.4 is 14.2 Å². The Morgan fingerprint density at radius 1 is 0.244 bits per heavy atom. The summed E-state index contributed by atoms with van der Waals surface area (Å²) in [6, 6.07) is 10.0. The summed E-state index contributed by atoms with van der Waals surface area (Å²) in [7, 11) is 0. The zero-order chi connectivity index (χ0) is 58.5. The highest BCUT2D eigenvalue weighted by Crippen LogP contribution is 2.51. The lowest BCUT2D eigenvalue weighted by molar-refractivity contribution is 0.255. The summed E-state index contributed by atoms with van der Waals surface area (Å²) in [5.74, 6) is 3.16. The molecule has 0 atom stereocenters. The van der Waals surface area contributed by atoms with E-state index >= 15 is 0 Å². The summed E-state index contributed by atoms with van der Waals surface area (Å²) < 4.78 is 20.0. The summed E-state index contributed by atoms with van der Waals surface area (Å²) in [6.45, 7) is 10.2. The fraction of sp³-hybridized carbons (Fsp3) is 0.846. The van der Waals surface area contributed by atoms with Gasteiger partial charge in [0.1, 0.15) is 5.75 Å². The first-order valence-electron chi connectivity index (χ1n) is 37.6. The summed E-state index contributed by atoms with van der Waals surface area (Å²) in [4.78, 5) is 0. The predicted octanol–water partition coefficient (Wildman–Crippen LogP) is 27.7. The number of para-hydroxylation sites is 1. The lowest BCUT2D eigenvalue weighted by Gasteiger charge is -2.24. The van der Waals surface area contributed by atoms with E-state index in [1.54, 1.807) is 0 Å². The molecule has 4 nitrogen and oxygen atoms in total. The summed E-state index contributed by atoms with van der Waals surface area (Å²) in [5, 5.41) is 12.3. The number of phenolic OH excluding ortho intramolecular Hbond substituents is 1. The normalized spacial score (nSPS) is 11.6. The Kier molecular flexibility index (Phi) is 55.7. The van der Waals surface area contributed by atoms with E-state index in [1.165, 1.54) is 334 Å². The molecule has 2 aromatic carbocycles. The van der Waals surface area contributed by atoms with Crippen molar-refractivity contribution >= 4 is 0 Å². The topological polar surface area (TPSA) is 47.9 Å². The Morgan fingerprint density at radius 3 is 0.768 bits per heavy atom. The van der Waals surface area contributed by atoms with Crippen LogP contribution in [0.15, 0.2) is 30.3 Å². The Bertz CT molecular complexity index is 1590. The molecule has 0 aliphatic rings. The number of hydrogen-bond acceptors (Lipinski definition) is 4. The van der Waals surface area contributed by atoms with E-state index in [0.717, 1.165) is 79.7 Å². The lowest BCUT2D eigenvalue weighted by atomic mass is 9.96. The number of rotatable bonds is 66. The molecule has 0 saturated carbocycles. The molecule has 0 heterocycles. The molecule has 478 valence electrons. The van der Waals surface area contributed by atoms with Crippen LogP contribution in [0.1, 0.15) is 411 Å². The average molecular weight is 1140 g/mol. The molecule has 0 amide bonds. The smallest absolute Gasteiger partial charge is 0.176 e. The number of benzene rings is 2. The van der Waals surface area contributed by atoms with Crippen molar-refractivity contribution in [1.29, 1.82) is 0 Å². The van der Waals surface area contributed by atoms with Gasteiger partial charge in [0.15, 0.2) is 23.0 Å². The van der Waals surface area contributed by atoms with Crippen molar-refractivity contribution in [3.8, 4) is 28.7 Å². The van der Waals surface area contributed by atoms with Gasteiger partial charge in [-0.2, -0.15) is 0 Å². The molecule has 0 saturated heterocycles. The highest BCUT2D eigenvalue weighted by Gasteiger charge is 2.28. The second kappa shape index (κ2) is 60.3. The molecule has 4 heteroatoms. The van der Waals surface area contributed by atoms with Crippen LogP contribution in [-0.2, 0) is 12.8 Å². The SMILES string of the molecule is CCCCCCCCCCCCCCCCCCCCCCCCCCCCCCc1c(Oc2ccccc2)c(O)c(CCCCCCCCCCCCCCCCCCCCCCCCCCCCC)c(OCCCC)c1OCCC. The van der Waals surface area contributed by atoms with Gasteiger partial charge in [-0.15, -0.1) is 0 Å². The first-order valence-corrected chi connectivity index (χ1v) is 37.6. The Labute approximate surface area is 513 Å². The van der Waals surface area contributed by atoms with Crippen molar-refractivity contribution in [3.63, 3.8) is 0 Å². The highest BCUT2D eigenvalue weighted by atomic mass is 16.5. The van der Waals surface area contributed by atoms with Gasteiger partial charge >= 0.3 is 0 Å². The molecule has 0 radical (unpaired) electrons. The van der Waals surface area contributed by atoms with Gasteiger partial charge in [-0.3, -0.25) is 0 Å². The van der Waals surface area contributed by atoms with Crippen molar-refractivity contribution in [3.05, 3.63) is 41.5 Å². The van der Waals surface area contributed by atoms with Gasteiger partial charge in [-0.1, -0.05) is 393 Å². The van der Waals surface area contributed by atoms with E-state index in [1.807, 2.05) is 30.3 Å². The van der Waals surface area contributed by atoms with Gasteiger partial charge in [0.2, 0.25) is 0 Å². The third kappa shape index (κ3) is 44.1. The van der Waals surface area contributed by atoms with Crippen LogP contribution in [0.25, 0.3) is 0 Å². The molecule has 0 bridgehead atoms. The van der Waals surface area contributed by atoms with E-state index in [-0.39, 0.29) is 5.75 Å². The Balaban J connectivity index is 1.65. The van der Waals surface area contributed by atoms with Crippen molar-refractivity contribution in [1.82, 2.24) is 0 Å². The van der Waals surface area contributed by atoms with Crippen molar-refractivity contribution < 1.29 is 19.3 Å². The first-order chi connectivity index (χ1) is 40.7.